The first-order chi connectivity index (χ1) is 8.67. The summed E-state index contributed by atoms with van der Waals surface area (Å²) in [5.74, 6) is 0.0675. The predicted octanol–water partition coefficient (Wildman–Crippen LogP) is 1.65. The van der Waals surface area contributed by atoms with Gasteiger partial charge in [0.1, 0.15) is 5.75 Å². The molecule has 5 nitrogen and oxygen atoms in total. The Kier molecular flexibility index (Phi) is 5.70. The molecule has 2 N–H and O–H groups in total. The van der Waals surface area contributed by atoms with Gasteiger partial charge in [0.05, 0.1) is 6.61 Å². The summed E-state index contributed by atoms with van der Waals surface area (Å²) in [7, 11) is 0. The molecule has 0 bridgehead atoms. The molecule has 2 amide bonds. The largest absolute Gasteiger partial charge is 0.494 e. The third-order valence-electron chi connectivity index (χ3n) is 2.20. The van der Waals surface area contributed by atoms with E-state index in [-0.39, 0.29) is 11.8 Å². The normalized spacial score (nSPS) is 9.67. The van der Waals surface area contributed by atoms with E-state index in [2.05, 4.69) is 10.9 Å². The highest BCUT2D eigenvalue weighted by Crippen LogP contribution is 2.12. The quantitative estimate of drug-likeness (QED) is 0.781. The fraction of sp³-hybridized carbons (Fsp3) is 0.385. The summed E-state index contributed by atoms with van der Waals surface area (Å²) in [5, 5.41) is 0. The molecule has 0 atom stereocenters. The molecule has 0 radical (unpaired) electrons. The second-order valence-electron chi connectivity index (χ2n) is 3.71. The molecule has 0 aliphatic rings. The van der Waals surface area contributed by atoms with Crippen LogP contribution in [0, 0.1) is 0 Å². The van der Waals surface area contributed by atoms with Gasteiger partial charge < -0.3 is 4.74 Å². The van der Waals surface area contributed by atoms with Crippen molar-refractivity contribution in [3.63, 3.8) is 0 Å². The van der Waals surface area contributed by atoms with Crippen LogP contribution in [0.5, 0.6) is 5.75 Å². The lowest BCUT2D eigenvalue weighted by molar-refractivity contribution is -0.121. The van der Waals surface area contributed by atoms with E-state index >= 15 is 0 Å². The van der Waals surface area contributed by atoms with Crippen molar-refractivity contribution in [2.24, 2.45) is 0 Å². The number of ether oxygens (including phenoxy) is 1. The van der Waals surface area contributed by atoms with Crippen LogP contribution in [0.2, 0.25) is 0 Å². The van der Waals surface area contributed by atoms with E-state index in [4.69, 9.17) is 4.74 Å². The van der Waals surface area contributed by atoms with Gasteiger partial charge in [-0.3, -0.25) is 20.4 Å². The van der Waals surface area contributed by atoms with Crippen LogP contribution in [-0.2, 0) is 4.79 Å². The van der Waals surface area contributed by atoms with Crippen molar-refractivity contribution in [2.75, 3.05) is 6.61 Å². The number of rotatable bonds is 5. The Morgan fingerprint density at radius 3 is 2.67 bits per heavy atom. The Hall–Kier alpha value is -2.04. The van der Waals surface area contributed by atoms with Crippen molar-refractivity contribution in [1.29, 1.82) is 0 Å². The molecule has 0 spiro atoms. The average molecular weight is 250 g/mol. The third kappa shape index (κ3) is 4.45. The topological polar surface area (TPSA) is 67.4 Å². The number of hydrazine groups is 1. The van der Waals surface area contributed by atoms with Gasteiger partial charge in [-0.2, -0.15) is 0 Å². The molecule has 0 aliphatic carbocycles. The minimum Gasteiger partial charge on any atom is -0.494 e. The average Bonchev–Trinajstić information content (AvgIpc) is 2.37. The number of benzene rings is 1. The zero-order valence-corrected chi connectivity index (χ0v) is 10.7. The molecular weight excluding hydrogens is 232 g/mol. The molecule has 98 valence electrons. The Labute approximate surface area is 106 Å². The van der Waals surface area contributed by atoms with Gasteiger partial charge in [0, 0.05) is 12.0 Å². The number of carbonyl (C=O) groups is 2. The molecule has 0 saturated carbocycles. The number of amides is 2. The smallest absolute Gasteiger partial charge is 0.269 e. The minimum atomic E-state index is -0.360. The van der Waals surface area contributed by atoms with Crippen molar-refractivity contribution in [3.05, 3.63) is 29.8 Å². The summed E-state index contributed by atoms with van der Waals surface area (Å²) in [6.07, 6.45) is 1.13. The van der Waals surface area contributed by atoms with Crippen LogP contribution in [0.3, 0.4) is 0 Å². The van der Waals surface area contributed by atoms with Gasteiger partial charge in [0.15, 0.2) is 0 Å². The van der Waals surface area contributed by atoms with E-state index < -0.39 is 0 Å². The van der Waals surface area contributed by atoms with E-state index in [0.717, 1.165) is 6.42 Å². The molecule has 1 aromatic rings. The maximum Gasteiger partial charge on any atom is 0.269 e. The second-order valence-corrected chi connectivity index (χ2v) is 3.71. The van der Waals surface area contributed by atoms with E-state index in [0.29, 0.717) is 24.3 Å². The standard InChI is InChI=1S/C13H18N2O3/c1-3-6-12(16)14-15-13(17)10-7-5-8-11(9-10)18-4-2/h5,7-9H,3-4,6H2,1-2H3,(H,14,16)(H,15,17). The lowest BCUT2D eigenvalue weighted by Gasteiger charge is -2.08. The predicted molar refractivity (Wildman–Crippen MR) is 68.1 cm³/mol. The van der Waals surface area contributed by atoms with Gasteiger partial charge in [-0.25, -0.2) is 0 Å². The summed E-state index contributed by atoms with van der Waals surface area (Å²) in [6, 6.07) is 6.79. The summed E-state index contributed by atoms with van der Waals surface area (Å²) in [4.78, 5) is 22.9. The van der Waals surface area contributed by atoms with Crippen molar-refractivity contribution in [3.8, 4) is 5.75 Å². The van der Waals surface area contributed by atoms with E-state index in [1.165, 1.54) is 0 Å². The summed E-state index contributed by atoms with van der Waals surface area (Å²) in [6.45, 7) is 4.31. The number of nitrogens with one attached hydrogen (secondary N) is 2. The number of hydrogen-bond acceptors (Lipinski definition) is 3. The highest BCUT2D eigenvalue weighted by Gasteiger charge is 2.07. The van der Waals surface area contributed by atoms with E-state index in [1.54, 1.807) is 24.3 Å². The summed E-state index contributed by atoms with van der Waals surface area (Å²) in [5.41, 5.74) is 5.16. The molecule has 18 heavy (non-hydrogen) atoms. The fourth-order valence-electron chi connectivity index (χ4n) is 1.38. The molecule has 1 rings (SSSR count). The molecular formula is C13H18N2O3. The van der Waals surface area contributed by atoms with E-state index in [1.807, 2.05) is 13.8 Å². The molecule has 0 aromatic heterocycles. The molecule has 0 fully saturated rings. The lowest BCUT2D eigenvalue weighted by Crippen LogP contribution is -2.41. The first-order valence-corrected chi connectivity index (χ1v) is 5.99. The molecule has 0 saturated heterocycles. The highest BCUT2D eigenvalue weighted by molar-refractivity contribution is 5.95. The Morgan fingerprint density at radius 1 is 1.22 bits per heavy atom. The van der Waals surface area contributed by atoms with Crippen molar-refractivity contribution < 1.29 is 14.3 Å². The van der Waals surface area contributed by atoms with Crippen molar-refractivity contribution in [1.82, 2.24) is 10.9 Å². The molecule has 0 unspecified atom stereocenters. The first-order valence-electron chi connectivity index (χ1n) is 5.99. The van der Waals surface area contributed by atoms with Crippen LogP contribution in [0.4, 0.5) is 0 Å². The first kappa shape index (κ1) is 14.0. The van der Waals surface area contributed by atoms with Crippen molar-refractivity contribution in [2.45, 2.75) is 26.7 Å². The third-order valence-corrected chi connectivity index (χ3v) is 2.20. The van der Waals surface area contributed by atoms with Crippen LogP contribution >= 0.6 is 0 Å². The zero-order chi connectivity index (χ0) is 13.4. The van der Waals surface area contributed by atoms with Crippen molar-refractivity contribution >= 4 is 11.8 Å². The Bertz CT molecular complexity index is 418. The zero-order valence-electron chi connectivity index (χ0n) is 10.7. The summed E-state index contributed by atoms with van der Waals surface area (Å²) < 4.78 is 5.29. The monoisotopic (exact) mass is 250 g/mol. The molecule has 0 heterocycles. The van der Waals surface area contributed by atoms with Gasteiger partial charge >= 0.3 is 0 Å². The fourth-order valence-corrected chi connectivity index (χ4v) is 1.38. The number of carbonyl (C=O) groups excluding carboxylic acids is 2. The van der Waals surface area contributed by atoms with Crippen LogP contribution in [0.25, 0.3) is 0 Å². The van der Waals surface area contributed by atoms with Gasteiger partial charge in [-0.1, -0.05) is 13.0 Å². The molecule has 1 aromatic carbocycles. The minimum absolute atomic E-state index is 0.202. The maximum atomic E-state index is 11.7. The maximum absolute atomic E-state index is 11.7. The van der Waals surface area contributed by atoms with Gasteiger partial charge in [-0.15, -0.1) is 0 Å². The van der Waals surface area contributed by atoms with Crippen LogP contribution < -0.4 is 15.6 Å². The van der Waals surface area contributed by atoms with Crippen LogP contribution in [-0.4, -0.2) is 18.4 Å². The highest BCUT2D eigenvalue weighted by atomic mass is 16.5. The summed E-state index contributed by atoms with van der Waals surface area (Å²) >= 11 is 0. The van der Waals surface area contributed by atoms with Crippen LogP contribution in [0.1, 0.15) is 37.0 Å². The Morgan fingerprint density at radius 2 is 2.00 bits per heavy atom. The van der Waals surface area contributed by atoms with Gasteiger partial charge in [0.25, 0.3) is 5.91 Å². The Balaban J connectivity index is 2.55. The van der Waals surface area contributed by atoms with Gasteiger partial charge in [-0.05, 0) is 31.5 Å². The van der Waals surface area contributed by atoms with E-state index in [9.17, 15) is 9.59 Å². The lowest BCUT2D eigenvalue weighted by atomic mass is 10.2. The molecule has 5 heteroatoms. The second kappa shape index (κ2) is 7.32. The SMILES string of the molecule is CCCC(=O)NNC(=O)c1cccc(OCC)c1. The number of hydrogen-bond donors (Lipinski definition) is 2. The van der Waals surface area contributed by atoms with Gasteiger partial charge in [0.2, 0.25) is 5.91 Å². The van der Waals surface area contributed by atoms with Crippen LogP contribution in [0.15, 0.2) is 24.3 Å². The molecule has 0 aliphatic heterocycles.